The van der Waals surface area contributed by atoms with Gasteiger partial charge >= 0.3 is 0 Å². The summed E-state index contributed by atoms with van der Waals surface area (Å²) in [5.41, 5.74) is 5.62. The Morgan fingerprint density at radius 1 is 1.64 bits per heavy atom. The molecular formula is C10H17N3O. The van der Waals surface area contributed by atoms with Crippen LogP contribution in [0.25, 0.3) is 0 Å². The summed E-state index contributed by atoms with van der Waals surface area (Å²) in [6.07, 6.45) is 2.15. The Bertz CT molecular complexity index is 306. The molecule has 1 aromatic heterocycles. The van der Waals surface area contributed by atoms with Crippen molar-refractivity contribution in [2.24, 2.45) is 11.7 Å². The molecule has 14 heavy (non-hydrogen) atoms. The van der Waals surface area contributed by atoms with Gasteiger partial charge in [-0.15, -0.1) is 0 Å². The minimum absolute atomic E-state index is 0.227. The van der Waals surface area contributed by atoms with Crippen molar-refractivity contribution in [1.82, 2.24) is 10.1 Å². The van der Waals surface area contributed by atoms with Crippen LogP contribution in [0.3, 0.4) is 0 Å². The van der Waals surface area contributed by atoms with Crippen LogP contribution in [0, 0.1) is 5.92 Å². The highest BCUT2D eigenvalue weighted by molar-refractivity contribution is 5.08. The molecule has 1 aromatic rings. The molecule has 2 N–H and O–H groups in total. The molecule has 0 saturated heterocycles. The first-order valence-corrected chi connectivity index (χ1v) is 5.29. The van der Waals surface area contributed by atoms with Gasteiger partial charge in [0, 0.05) is 12.5 Å². The van der Waals surface area contributed by atoms with Crippen LogP contribution < -0.4 is 5.73 Å². The second-order valence-corrected chi connectivity index (χ2v) is 4.15. The maximum atomic E-state index is 5.62. The molecule has 2 rings (SSSR count). The van der Waals surface area contributed by atoms with E-state index in [1.807, 2.05) is 0 Å². The number of hydrogen-bond donors (Lipinski definition) is 1. The zero-order valence-electron chi connectivity index (χ0n) is 8.73. The SMILES string of the molecule is CCC(CN)c1nc(C2CC2C)no1. The van der Waals surface area contributed by atoms with Gasteiger partial charge < -0.3 is 10.3 Å². The summed E-state index contributed by atoms with van der Waals surface area (Å²) < 4.78 is 5.22. The molecule has 4 heteroatoms. The van der Waals surface area contributed by atoms with E-state index in [0.717, 1.165) is 18.2 Å². The molecule has 0 aromatic carbocycles. The maximum Gasteiger partial charge on any atom is 0.231 e. The van der Waals surface area contributed by atoms with Crippen LogP contribution in [0.1, 0.15) is 50.2 Å². The van der Waals surface area contributed by atoms with E-state index in [1.165, 1.54) is 6.42 Å². The number of aromatic nitrogens is 2. The van der Waals surface area contributed by atoms with E-state index in [2.05, 4.69) is 24.0 Å². The molecule has 3 atom stereocenters. The first-order valence-electron chi connectivity index (χ1n) is 5.29. The fourth-order valence-electron chi connectivity index (χ4n) is 1.69. The molecule has 4 nitrogen and oxygen atoms in total. The average molecular weight is 195 g/mol. The molecule has 78 valence electrons. The van der Waals surface area contributed by atoms with Crippen LogP contribution in [0.5, 0.6) is 0 Å². The fraction of sp³-hybridized carbons (Fsp3) is 0.800. The van der Waals surface area contributed by atoms with Gasteiger partial charge in [-0.25, -0.2) is 0 Å². The standard InChI is InChI=1S/C10H17N3O/c1-3-7(5-11)10-12-9(13-14-10)8-4-6(8)2/h6-8H,3-5,11H2,1-2H3. The van der Waals surface area contributed by atoms with E-state index in [0.29, 0.717) is 18.4 Å². The highest BCUT2D eigenvalue weighted by Gasteiger charge is 2.38. The molecule has 0 aliphatic heterocycles. The Morgan fingerprint density at radius 3 is 2.86 bits per heavy atom. The van der Waals surface area contributed by atoms with E-state index < -0.39 is 0 Å². The summed E-state index contributed by atoms with van der Waals surface area (Å²) in [6.45, 7) is 4.88. The fourth-order valence-corrected chi connectivity index (χ4v) is 1.69. The summed E-state index contributed by atoms with van der Waals surface area (Å²) in [4.78, 5) is 4.41. The van der Waals surface area contributed by atoms with Gasteiger partial charge in [0.05, 0.1) is 5.92 Å². The van der Waals surface area contributed by atoms with Crippen LogP contribution in [-0.4, -0.2) is 16.7 Å². The third-order valence-electron chi connectivity index (χ3n) is 3.03. The van der Waals surface area contributed by atoms with Crippen molar-refractivity contribution in [3.63, 3.8) is 0 Å². The lowest BCUT2D eigenvalue weighted by Gasteiger charge is -2.04. The number of rotatable bonds is 4. The average Bonchev–Trinajstić information content (AvgIpc) is 2.74. The molecule has 0 bridgehead atoms. The summed E-state index contributed by atoms with van der Waals surface area (Å²) in [5.74, 6) is 3.06. The highest BCUT2D eigenvalue weighted by Crippen LogP contribution is 2.45. The van der Waals surface area contributed by atoms with Gasteiger partial charge in [0.15, 0.2) is 5.82 Å². The van der Waals surface area contributed by atoms with Crippen molar-refractivity contribution in [1.29, 1.82) is 0 Å². The Hall–Kier alpha value is -0.900. The van der Waals surface area contributed by atoms with Crippen LogP contribution in [0.2, 0.25) is 0 Å². The molecule has 0 radical (unpaired) electrons. The molecule has 1 aliphatic rings. The summed E-state index contributed by atoms with van der Waals surface area (Å²) >= 11 is 0. The van der Waals surface area contributed by atoms with Crippen molar-refractivity contribution < 1.29 is 4.52 Å². The van der Waals surface area contributed by atoms with E-state index in [9.17, 15) is 0 Å². The monoisotopic (exact) mass is 195 g/mol. The van der Waals surface area contributed by atoms with E-state index in [-0.39, 0.29) is 5.92 Å². The molecule has 0 spiro atoms. The largest absolute Gasteiger partial charge is 0.339 e. The molecule has 1 saturated carbocycles. The topological polar surface area (TPSA) is 64.9 Å². The van der Waals surface area contributed by atoms with Gasteiger partial charge in [0.1, 0.15) is 0 Å². The van der Waals surface area contributed by atoms with Crippen LogP contribution in [0.4, 0.5) is 0 Å². The van der Waals surface area contributed by atoms with E-state index in [1.54, 1.807) is 0 Å². The third kappa shape index (κ3) is 1.66. The van der Waals surface area contributed by atoms with Gasteiger partial charge in [0.2, 0.25) is 5.89 Å². The van der Waals surface area contributed by atoms with Gasteiger partial charge in [-0.3, -0.25) is 0 Å². The summed E-state index contributed by atoms with van der Waals surface area (Å²) in [5, 5.41) is 4.00. The number of nitrogens with two attached hydrogens (primary N) is 1. The predicted molar refractivity (Wildman–Crippen MR) is 52.9 cm³/mol. The first kappa shape index (κ1) is 9.65. The normalized spacial score (nSPS) is 27.6. The Balaban J connectivity index is 2.09. The first-order chi connectivity index (χ1) is 6.76. The third-order valence-corrected chi connectivity index (χ3v) is 3.03. The lowest BCUT2D eigenvalue weighted by atomic mass is 10.1. The van der Waals surface area contributed by atoms with Crippen molar-refractivity contribution >= 4 is 0 Å². The lowest BCUT2D eigenvalue weighted by molar-refractivity contribution is 0.347. The van der Waals surface area contributed by atoms with Gasteiger partial charge in [-0.1, -0.05) is 19.0 Å². The molecule has 3 unspecified atom stereocenters. The van der Waals surface area contributed by atoms with Crippen molar-refractivity contribution in [3.8, 4) is 0 Å². The van der Waals surface area contributed by atoms with E-state index >= 15 is 0 Å². The second kappa shape index (κ2) is 3.69. The molecular weight excluding hydrogens is 178 g/mol. The zero-order chi connectivity index (χ0) is 10.1. The minimum atomic E-state index is 0.227. The quantitative estimate of drug-likeness (QED) is 0.793. The summed E-state index contributed by atoms with van der Waals surface area (Å²) in [6, 6.07) is 0. The van der Waals surface area contributed by atoms with Gasteiger partial charge in [-0.05, 0) is 18.8 Å². The van der Waals surface area contributed by atoms with Crippen LogP contribution in [-0.2, 0) is 0 Å². The predicted octanol–water partition coefficient (Wildman–Crippen LogP) is 1.65. The smallest absolute Gasteiger partial charge is 0.231 e. The number of nitrogens with zero attached hydrogens (tertiary/aromatic N) is 2. The molecule has 0 amide bonds. The molecule has 1 heterocycles. The summed E-state index contributed by atoms with van der Waals surface area (Å²) in [7, 11) is 0. The van der Waals surface area contributed by atoms with Gasteiger partial charge in [0.25, 0.3) is 0 Å². The van der Waals surface area contributed by atoms with Gasteiger partial charge in [-0.2, -0.15) is 4.98 Å². The lowest BCUT2D eigenvalue weighted by Crippen LogP contribution is -2.11. The molecule has 1 fully saturated rings. The highest BCUT2D eigenvalue weighted by atomic mass is 16.5. The van der Waals surface area contributed by atoms with Crippen molar-refractivity contribution in [2.45, 2.75) is 38.5 Å². The van der Waals surface area contributed by atoms with Crippen LogP contribution >= 0.6 is 0 Å². The zero-order valence-corrected chi connectivity index (χ0v) is 8.73. The minimum Gasteiger partial charge on any atom is -0.339 e. The second-order valence-electron chi connectivity index (χ2n) is 4.15. The number of hydrogen-bond acceptors (Lipinski definition) is 4. The molecule has 1 aliphatic carbocycles. The Labute approximate surface area is 83.9 Å². The maximum absolute atomic E-state index is 5.62. The van der Waals surface area contributed by atoms with Crippen molar-refractivity contribution in [2.75, 3.05) is 6.54 Å². The van der Waals surface area contributed by atoms with Crippen LogP contribution in [0.15, 0.2) is 4.52 Å². The van der Waals surface area contributed by atoms with E-state index in [4.69, 9.17) is 10.3 Å². The van der Waals surface area contributed by atoms with Crippen molar-refractivity contribution in [3.05, 3.63) is 11.7 Å². The Morgan fingerprint density at radius 2 is 2.36 bits per heavy atom. The Kier molecular flexibility index (Phi) is 2.54.